The molecular weight excluding hydrogens is 422 g/mol. The number of carbonyl (C=O) groups excluding carboxylic acids is 2. The molecule has 144 valence electrons. The van der Waals surface area contributed by atoms with Crippen LogP contribution in [0.5, 0.6) is 0 Å². The Hall–Kier alpha value is -1.45. The second-order valence-electron chi connectivity index (χ2n) is 7.47. The number of rotatable bonds is 6. The lowest BCUT2D eigenvalue weighted by molar-refractivity contribution is -0.124. The van der Waals surface area contributed by atoms with E-state index in [1.165, 1.54) is 18.2 Å². The first-order valence-electron chi connectivity index (χ1n) is 8.34. The van der Waals surface area contributed by atoms with Crippen LogP contribution >= 0.6 is 15.9 Å². The molecule has 2 rings (SSSR count). The molecule has 3 N–H and O–H groups in total. The second-order valence-corrected chi connectivity index (χ2v) is 10.0. The number of halogens is 1. The topological polar surface area (TPSA) is 104 Å². The van der Waals surface area contributed by atoms with Gasteiger partial charge in [-0.05, 0) is 74.7 Å². The monoisotopic (exact) mass is 445 g/mol. The Morgan fingerprint density at radius 1 is 1.23 bits per heavy atom. The Morgan fingerprint density at radius 3 is 2.38 bits per heavy atom. The molecule has 1 aliphatic rings. The summed E-state index contributed by atoms with van der Waals surface area (Å²) in [6.45, 7) is 7.10. The van der Waals surface area contributed by atoms with Gasteiger partial charge in [0.25, 0.3) is 5.91 Å². The molecule has 0 aliphatic heterocycles. The normalized spacial score (nSPS) is 16.0. The Balaban J connectivity index is 2.15. The van der Waals surface area contributed by atoms with E-state index in [0.717, 1.165) is 12.8 Å². The molecular formula is C17H24BrN3O4S. The van der Waals surface area contributed by atoms with Gasteiger partial charge in [-0.15, -0.1) is 0 Å². The van der Waals surface area contributed by atoms with Crippen LogP contribution in [0.3, 0.4) is 0 Å². The third-order valence-corrected chi connectivity index (χ3v) is 5.84. The van der Waals surface area contributed by atoms with Crippen molar-refractivity contribution in [2.75, 3.05) is 0 Å². The van der Waals surface area contributed by atoms with Crippen LogP contribution in [0.25, 0.3) is 0 Å². The molecule has 0 heterocycles. The summed E-state index contributed by atoms with van der Waals surface area (Å²) in [6, 6.07) is 3.45. The number of sulfonamides is 1. The lowest BCUT2D eigenvalue weighted by Gasteiger charge is -2.23. The van der Waals surface area contributed by atoms with Gasteiger partial charge in [-0.25, -0.2) is 13.1 Å². The summed E-state index contributed by atoms with van der Waals surface area (Å²) in [5, 5.41) is 5.38. The van der Waals surface area contributed by atoms with Crippen molar-refractivity contribution in [3.05, 3.63) is 28.2 Å². The number of hydrogen-bond acceptors (Lipinski definition) is 4. The Morgan fingerprint density at radius 2 is 1.85 bits per heavy atom. The number of amides is 2. The standard InChI is InChI=1S/C17H24BrN3O4S/c1-10(15(22)20-17(2,3)4)19-16(23)13-9-12(7-8-14(13)18)26(24,25)21-11-5-6-11/h7-11,21H,5-6H2,1-4H3,(H,19,23)(H,20,22). The minimum absolute atomic E-state index is 0.0181. The zero-order valence-corrected chi connectivity index (χ0v) is 17.6. The van der Waals surface area contributed by atoms with Crippen LogP contribution < -0.4 is 15.4 Å². The lowest BCUT2D eigenvalue weighted by Crippen LogP contribution is -2.50. The van der Waals surface area contributed by atoms with E-state index in [1.807, 2.05) is 20.8 Å². The van der Waals surface area contributed by atoms with Crippen LogP contribution in [0.2, 0.25) is 0 Å². The van der Waals surface area contributed by atoms with Gasteiger partial charge in [0, 0.05) is 16.1 Å². The lowest BCUT2D eigenvalue weighted by atomic mass is 10.1. The summed E-state index contributed by atoms with van der Waals surface area (Å²) >= 11 is 3.26. The maximum atomic E-state index is 12.5. The first kappa shape index (κ1) is 20.9. The number of hydrogen-bond donors (Lipinski definition) is 3. The third kappa shape index (κ3) is 5.78. The highest BCUT2D eigenvalue weighted by Gasteiger charge is 2.29. The van der Waals surface area contributed by atoms with Crippen LogP contribution in [0.1, 0.15) is 50.9 Å². The summed E-state index contributed by atoms with van der Waals surface area (Å²) in [7, 11) is -3.67. The largest absolute Gasteiger partial charge is 0.350 e. The fourth-order valence-electron chi connectivity index (χ4n) is 2.15. The summed E-state index contributed by atoms with van der Waals surface area (Å²) in [5.41, 5.74) is -0.266. The van der Waals surface area contributed by atoms with E-state index >= 15 is 0 Å². The summed E-state index contributed by atoms with van der Waals surface area (Å²) in [5.74, 6) is -0.849. The van der Waals surface area contributed by atoms with Gasteiger partial charge in [-0.3, -0.25) is 9.59 Å². The molecule has 7 nitrogen and oxygen atoms in total. The van der Waals surface area contributed by atoms with Crippen molar-refractivity contribution in [1.29, 1.82) is 0 Å². The van der Waals surface area contributed by atoms with Gasteiger partial charge in [0.1, 0.15) is 6.04 Å². The number of carbonyl (C=O) groups is 2. The Bertz CT molecular complexity index is 814. The van der Waals surface area contributed by atoms with Crippen LogP contribution in [0.4, 0.5) is 0 Å². The molecule has 0 saturated heterocycles. The molecule has 26 heavy (non-hydrogen) atoms. The Kier molecular flexibility index (Phi) is 6.14. The van der Waals surface area contributed by atoms with Crippen LogP contribution in [0.15, 0.2) is 27.6 Å². The first-order valence-corrected chi connectivity index (χ1v) is 10.6. The predicted octanol–water partition coefficient (Wildman–Crippen LogP) is 1.92. The molecule has 1 saturated carbocycles. The molecule has 0 bridgehead atoms. The van der Waals surface area contributed by atoms with Crippen LogP contribution in [0, 0.1) is 0 Å². The van der Waals surface area contributed by atoms with Crippen molar-refractivity contribution in [2.45, 2.75) is 63.1 Å². The summed E-state index contributed by atoms with van der Waals surface area (Å²) in [6.07, 6.45) is 1.65. The highest BCUT2D eigenvalue weighted by Crippen LogP contribution is 2.25. The van der Waals surface area contributed by atoms with Crippen molar-refractivity contribution < 1.29 is 18.0 Å². The van der Waals surface area contributed by atoms with Gasteiger partial charge in [0.05, 0.1) is 10.5 Å². The van der Waals surface area contributed by atoms with Crippen molar-refractivity contribution in [3.8, 4) is 0 Å². The zero-order chi connectivity index (χ0) is 19.7. The van der Waals surface area contributed by atoms with Crippen LogP contribution in [-0.2, 0) is 14.8 Å². The SMILES string of the molecule is CC(NC(=O)c1cc(S(=O)(=O)NC2CC2)ccc1Br)C(=O)NC(C)(C)C. The van der Waals surface area contributed by atoms with Gasteiger partial charge >= 0.3 is 0 Å². The fourth-order valence-corrected chi connectivity index (χ4v) is 3.91. The van der Waals surface area contributed by atoms with E-state index in [1.54, 1.807) is 6.92 Å². The maximum Gasteiger partial charge on any atom is 0.253 e. The smallest absolute Gasteiger partial charge is 0.253 e. The van der Waals surface area contributed by atoms with Gasteiger partial charge < -0.3 is 10.6 Å². The van der Waals surface area contributed by atoms with Gasteiger partial charge in [0.15, 0.2) is 0 Å². The molecule has 0 aromatic heterocycles. The molecule has 1 aliphatic carbocycles. The van der Waals surface area contributed by atoms with Gasteiger partial charge in [-0.2, -0.15) is 0 Å². The van der Waals surface area contributed by atoms with Crippen molar-refractivity contribution in [2.24, 2.45) is 0 Å². The van der Waals surface area contributed by atoms with Crippen molar-refractivity contribution in [3.63, 3.8) is 0 Å². The number of benzene rings is 1. The average Bonchev–Trinajstić information content (AvgIpc) is 3.28. The molecule has 1 fully saturated rings. The van der Waals surface area contributed by atoms with E-state index in [2.05, 4.69) is 31.3 Å². The maximum absolute atomic E-state index is 12.5. The molecule has 1 aromatic carbocycles. The second kappa shape index (κ2) is 7.66. The summed E-state index contributed by atoms with van der Waals surface area (Å²) < 4.78 is 27.7. The van der Waals surface area contributed by atoms with Crippen LogP contribution in [-0.4, -0.2) is 37.9 Å². The molecule has 0 spiro atoms. The average molecular weight is 446 g/mol. The molecule has 1 atom stereocenters. The van der Waals surface area contributed by atoms with Gasteiger partial charge in [-0.1, -0.05) is 0 Å². The fraction of sp³-hybridized carbons (Fsp3) is 0.529. The number of nitrogens with one attached hydrogen (secondary N) is 3. The van der Waals surface area contributed by atoms with E-state index in [-0.39, 0.29) is 22.4 Å². The quantitative estimate of drug-likeness (QED) is 0.621. The van der Waals surface area contributed by atoms with E-state index in [0.29, 0.717) is 4.47 Å². The highest BCUT2D eigenvalue weighted by molar-refractivity contribution is 9.10. The molecule has 0 radical (unpaired) electrons. The van der Waals surface area contributed by atoms with Crippen molar-refractivity contribution in [1.82, 2.24) is 15.4 Å². The first-order chi connectivity index (χ1) is 11.9. The predicted molar refractivity (Wildman–Crippen MR) is 102 cm³/mol. The minimum atomic E-state index is -3.67. The highest BCUT2D eigenvalue weighted by atomic mass is 79.9. The molecule has 1 aromatic rings. The van der Waals surface area contributed by atoms with E-state index in [9.17, 15) is 18.0 Å². The zero-order valence-electron chi connectivity index (χ0n) is 15.2. The Labute approximate surface area is 162 Å². The third-order valence-electron chi connectivity index (χ3n) is 3.63. The van der Waals surface area contributed by atoms with E-state index < -0.39 is 27.5 Å². The molecule has 9 heteroatoms. The summed E-state index contributed by atoms with van der Waals surface area (Å²) in [4.78, 5) is 24.7. The van der Waals surface area contributed by atoms with Gasteiger partial charge in [0.2, 0.25) is 15.9 Å². The van der Waals surface area contributed by atoms with E-state index in [4.69, 9.17) is 0 Å². The molecule has 2 amide bonds. The molecule has 1 unspecified atom stereocenters. The van der Waals surface area contributed by atoms with Crippen molar-refractivity contribution >= 4 is 37.8 Å². The minimum Gasteiger partial charge on any atom is -0.350 e.